The molecule has 0 spiro atoms. The number of ether oxygens (including phenoxy) is 1. The van der Waals surface area contributed by atoms with Gasteiger partial charge < -0.3 is 26.0 Å². The van der Waals surface area contributed by atoms with Crippen molar-refractivity contribution >= 4 is 11.8 Å². The van der Waals surface area contributed by atoms with Gasteiger partial charge in [0.1, 0.15) is 24.6 Å². The summed E-state index contributed by atoms with van der Waals surface area (Å²) in [7, 11) is 0. The second kappa shape index (κ2) is 8.28. The van der Waals surface area contributed by atoms with E-state index in [-0.39, 0.29) is 24.4 Å². The van der Waals surface area contributed by atoms with Gasteiger partial charge in [0.25, 0.3) is 0 Å². The highest BCUT2D eigenvalue weighted by Crippen LogP contribution is 2.21. The molecule has 0 aliphatic rings. The average Bonchev–Trinajstić information content (AvgIpc) is 2.60. The lowest BCUT2D eigenvalue weighted by Gasteiger charge is -2.19. The number of anilines is 1. The minimum Gasteiger partial charge on any atom is -0.445 e. The standard InChI is InChI=1S/C17H19FN2O4/c18-13-7-6-12(8-14(13)19)16(22)15(21)9-20-17(23)24-10-11-4-2-1-3-5-11/h1-8,15-16,21-22H,9-10,19H2,(H,20,23). The number of benzene rings is 2. The molecule has 0 saturated heterocycles. The van der Waals surface area contributed by atoms with Crippen LogP contribution in [0, 0.1) is 5.82 Å². The van der Waals surface area contributed by atoms with Crippen LogP contribution in [0.1, 0.15) is 17.2 Å². The summed E-state index contributed by atoms with van der Waals surface area (Å²) >= 11 is 0. The van der Waals surface area contributed by atoms with Crippen molar-refractivity contribution in [2.45, 2.75) is 18.8 Å². The summed E-state index contributed by atoms with van der Waals surface area (Å²) in [6, 6.07) is 12.8. The molecule has 2 aromatic rings. The molecular formula is C17H19FN2O4. The van der Waals surface area contributed by atoms with Crippen LogP contribution in [0.15, 0.2) is 48.5 Å². The molecule has 128 valence electrons. The quantitative estimate of drug-likeness (QED) is 0.602. The highest BCUT2D eigenvalue weighted by Gasteiger charge is 2.20. The SMILES string of the molecule is Nc1cc(C(O)C(O)CNC(=O)OCc2ccccc2)ccc1F. The van der Waals surface area contributed by atoms with Crippen LogP contribution in [0.4, 0.5) is 14.9 Å². The van der Waals surface area contributed by atoms with E-state index in [1.165, 1.54) is 12.1 Å². The number of carbonyl (C=O) groups is 1. The number of rotatable bonds is 6. The third-order valence-electron chi connectivity index (χ3n) is 3.39. The smallest absolute Gasteiger partial charge is 0.407 e. The summed E-state index contributed by atoms with van der Waals surface area (Å²) < 4.78 is 18.1. The number of nitrogen functional groups attached to an aromatic ring is 1. The Morgan fingerprint density at radius 2 is 1.92 bits per heavy atom. The van der Waals surface area contributed by atoms with E-state index in [0.717, 1.165) is 11.6 Å². The van der Waals surface area contributed by atoms with Crippen molar-refractivity contribution in [3.8, 4) is 0 Å². The van der Waals surface area contributed by atoms with Crippen LogP contribution in [-0.4, -0.2) is 29.0 Å². The summed E-state index contributed by atoms with van der Waals surface area (Å²) in [5.41, 5.74) is 6.37. The largest absolute Gasteiger partial charge is 0.445 e. The summed E-state index contributed by atoms with van der Waals surface area (Å²) in [6.45, 7) is -0.133. The van der Waals surface area contributed by atoms with Crippen molar-refractivity contribution < 1.29 is 24.1 Å². The normalized spacial score (nSPS) is 13.1. The number of nitrogens with two attached hydrogens (primary N) is 1. The van der Waals surface area contributed by atoms with Gasteiger partial charge in [0.05, 0.1) is 5.69 Å². The van der Waals surface area contributed by atoms with Crippen molar-refractivity contribution in [2.75, 3.05) is 12.3 Å². The number of amides is 1. The lowest BCUT2D eigenvalue weighted by Crippen LogP contribution is -2.35. The maximum atomic E-state index is 13.1. The Kier molecular flexibility index (Phi) is 6.11. The third-order valence-corrected chi connectivity index (χ3v) is 3.39. The average molecular weight is 334 g/mol. The minimum atomic E-state index is -1.32. The molecule has 0 saturated carbocycles. The van der Waals surface area contributed by atoms with Gasteiger partial charge >= 0.3 is 6.09 Å². The Morgan fingerprint density at radius 1 is 1.21 bits per heavy atom. The first-order valence-corrected chi connectivity index (χ1v) is 7.33. The van der Waals surface area contributed by atoms with Crippen molar-refractivity contribution in [1.29, 1.82) is 0 Å². The maximum absolute atomic E-state index is 13.1. The van der Waals surface area contributed by atoms with E-state index in [9.17, 15) is 19.4 Å². The van der Waals surface area contributed by atoms with Crippen LogP contribution in [0.25, 0.3) is 0 Å². The number of carbonyl (C=O) groups excluding carboxylic acids is 1. The monoisotopic (exact) mass is 334 g/mol. The predicted molar refractivity (Wildman–Crippen MR) is 86.4 cm³/mol. The summed E-state index contributed by atoms with van der Waals surface area (Å²) in [6.07, 6.45) is -3.33. The zero-order chi connectivity index (χ0) is 17.5. The number of nitrogens with one attached hydrogen (secondary N) is 1. The first-order chi connectivity index (χ1) is 11.5. The number of aliphatic hydroxyl groups is 2. The molecule has 0 heterocycles. The highest BCUT2D eigenvalue weighted by molar-refractivity contribution is 5.67. The van der Waals surface area contributed by atoms with Crippen LogP contribution in [0.3, 0.4) is 0 Å². The zero-order valence-electron chi connectivity index (χ0n) is 12.9. The Balaban J connectivity index is 1.80. The van der Waals surface area contributed by atoms with Crippen LogP contribution in [-0.2, 0) is 11.3 Å². The lowest BCUT2D eigenvalue weighted by atomic mass is 10.0. The van der Waals surface area contributed by atoms with Gasteiger partial charge in [-0.3, -0.25) is 0 Å². The molecule has 0 bridgehead atoms. The highest BCUT2D eigenvalue weighted by atomic mass is 19.1. The molecule has 7 heteroatoms. The molecule has 2 rings (SSSR count). The summed E-state index contributed by atoms with van der Waals surface area (Å²) in [5, 5.41) is 22.3. The van der Waals surface area contributed by atoms with Gasteiger partial charge in [-0.1, -0.05) is 36.4 Å². The van der Waals surface area contributed by atoms with E-state index in [1.54, 1.807) is 0 Å². The number of hydrogen-bond acceptors (Lipinski definition) is 5. The third kappa shape index (κ3) is 4.94. The van der Waals surface area contributed by atoms with E-state index in [0.29, 0.717) is 0 Å². The van der Waals surface area contributed by atoms with E-state index >= 15 is 0 Å². The fourth-order valence-electron chi connectivity index (χ4n) is 2.04. The molecule has 5 N–H and O–H groups in total. The molecule has 1 amide bonds. The molecule has 0 aliphatic heterocycles. The molecule has 2 unspecified atom stereocenters. The van der Waals surface area contributed by atoms with Gasteiger partial charge in [-0.25, -0.2) is 9.18 Å². The molecule has 0 radical (unpaired) electrons. The molecule has 0 fully saturated rings. The first-order valence-electron chi connectivity index (χ1n) is 7.33. The van der Waals surface area contributed by atoms with Gasteiger partial charge in [-0.15, -0.1) is 0 Å². The number of hydrogen-bond donors (Lipinski definition) is 4. The number of alkyl carbamates (subject to hydrolysis) is 1. The summed E-state index contributed by atoms with van der Waals surface area (Å²) in [4.78, 5) is 11.6. The fraction of sp³-hybridized carbons (Fsp3) is 0.235. The van der Waals surface area contributed by atoms with Crippen LogP contribution in [0.5, 0.6) is 0 Å². The van der Waals surface area contributed by atoms with E-state index < -0.39 is 24.1 Å². The molecule has 0 aromatic heterocycles. The predicted octanol–water partition coefficient (Wildman–Crippen LogP) is 1.73. The molecule has 2 aromatic carbocycles. The van der Waals surface area contributed by atoms with E-state index in [4.69, 9.17) is 10.5 Å². The Bertz CT molecular complexity index is 682. The van der Waals surface area contributed by atoms with Crippen LogP contribution in [0.2, 0.25) is 0 Å². The molecule has 24 heavy (non-hydrogen) atoms. The van der Waals surface area contributed by atoms with E-state index in [1.807, 2.05) is 30.3 Å². The second-order valence-electron chi connectivity index (χ2n) is 5.24. The Morgan fingerprint density at radius 3 is 2.58 bits per heavy atom. The molecular weight excluding hydrogens is 315 g/mol. The summed E-state index contributed by atoms with van der Waals surface area (Å²) in [5.74, 6) is -0.608. The van der Waals surface area contributed by atoms with Crippen molar-refractivity contribution in [2.24, 2.45) is 0 Å². The Hall–Kier alpha value is -2.64. The molecule has 0 aliphatic carbocycles. The van der Waals surface area contributed by atoms with Gasteiger partial charge in [0.15, 0.2) is 0 Å². The second-order valence-corrected chi connectivity index (χ2v) is 5.24. The zero-order valence-corrected chi connectivity index (χ0v) is 12.9. The first kappa shape index (κ1) is 17.7. The lowest BCUT2D eigenvalue weighted by molar-refractivity contribution is 0.0184. The number of aliphatic hydroxyl groups excluding tert-OH is 2. The topological polar surface area (TPSA) is 105 Å². The van der Waals surface area contributed by atoms with Gasteiger partial charge in [0.2, 0.25) is 0 Å². The van der Waals surface area contributed by atoms with Crippen molar-refractivity contribution in [1.82, 2.24) is 5.32 Å². The number of halogens is 1. The molecule has 6 nitrogen and oxygen atoms in total. The molecule has 2 atom stereocenters. The van der Waals surface area contributed by atoms with Crippen LogP contribution < -0.4 is 11.1 Å². The Labute approximate surface area is 138 Å². The maximum Gasteiger partial charge on any atom is 0.407 e. The minimum absolute atomic E-state index is 0.0970. The van der Waals surface area contributed by atoms with Gasteiger partial charge in [-0.05, 0) is 23.3 Å². The van der Waals surface area contributed by atoms with Gasteiger partial charge in [-0.2, -0.15) is 0 Å². The van der Waals surface area contributed by atoms with Crippen LogP contribution >= 0.6 is 0 Å². The van der Waals surface area contributed by atoms with Crippen molar-refractivity contribution in [3.05, 3.63) is 65.5 Å². The van der Waals surface area contributed by atoms with Gasteiger partial charge in [0, 0.05) is 6.54 Å². The van der Waals surface area contributed by atoms with E-state index in [2.05, 4.69) is 5.32 Å². The fourth-order valence-corrected chi connectivity index (χ4v) is 2.04. The van der Waals surface area contributed by atoms with Crippen molar-refractivity contribution in [3.63, 3.8) is 0 Å².